The lowest BCUT2D eigenvalue weighted by molar-refractivity contribution is -0.755. The number of aryl methyl sites for hydroxylation is 1. The lowest BCUT2D eigenvalue weighted by Gasteiger charge is -2.33. The fourth-order valence-corrected chi connectivity index (χ4v) is 6.63. The maximum Gasteiger partial charge on any atom is 0.202 e. The van der Waals surface area contributed by atoms with E-state index in [1.807, 2.05) is 0 Å². The Hall–Kier alpha value is -3.19. The lowest BCUT2D eigenvalue weighted by atomic mass is 9.75. The highest BCUT2D eigenvalue weighted by atomic mass is 15.1. The van der Waals surface area contributed by atoms with Gasteiger partial charge in [0.05, 0.1) is 11.5 Å². The number of hydrogen-bond donors (Lipinski definition) is 0. The summed E-state index contributed by atoms with van der Waals surface area (Å²) in [5, 5.41) is 0. The molecule has 0 bridgehead atoms. The fraction of sp³-hybridized carbons (Fsp3) is 0.207. The Morgan fingerprint density at radius 3 is 2.50 bits per heavy atom. The van der Waals surface area contributed by atoms with Crippen LogP contribution in [0.2, 0.25) is 0 Å². The van der Waals surface area contributed by atoms with Crippen LogP contribution in [0.15, 0.2) is 72.9 Å². The van der Waals surface area contributed by atoms with Gasteiger partial charge in [0.2, 0.25) is 5.69 Å². The first-order chi connectivity index (χ1) is 14.6. The van der Waals surface area contributed by atoms with E-state index in [-0.39, 0.29) is 5.54 Å². The predicted molar refractivity (Wildman–Crippen MR) is 121 cm³/mol. The van der Waals surface area contributed by atoms with E-state index in [4.69, 9.17) is 0 Å². The van der Waals surface area contributed by atoms with Gasteiger partial charge in [-0.15, -0.1) is 0 Å². The van der Waals surface area contributed by atoms with E-state index in [0.29, 0.717) is 5.92 Å². The average Bonchev–Trinajstić information content (AvgIpc) is 3.28. The van der Waals surface area contributed by atoms with Gasteiger partial charge in [-0.1, -0.05) is 54.6 Å². The summed E-state index contributed by atoms with van der Waals surface area (Å²) in [6.07, 6.45) is 3.34. The highest BCUT2D eigenvalue weighted by Crippen LogP contribution is 2.56. The van der Waals surface area contributed by atoms with Crippen molar-refractivity contribution in [3.05, 3.63) is 112 Å². The van der Waals surface area contributed by atoms with E-state index in [2.05, 4.69) is 98.3 Å². The molecule has 0 fully saturated rings. The van der Waals surface area contributed by atoms with Crippen molar-refractivity contribution in [2.45, 2.75) is 38.6 Å². The molecule has 1 atom stereocenters. The molecule has 1 unspecified atom stereocenters. The second-order valence-electron chi connectivity index (χ2n) is 9.61. The van der Waals surface area contributed by atoms with Gasteiger partial charge in [-0.25, -0.2) is 0 Å². The molecule has 3 aromatic carbocycles. The third kappa shape index (κ3) is 1.78. The Balaban J connectivity index is 1.64. The molecule has 30 heavy (non-hydrogen) atoms. The molecule has 0 radical (unpaired) electrons. The van der Waals surface area contributed by atoms with Gasteiger partial charge >= 0.3 is 0 Å². The highest BCUT2D eigenvalue weighted by Gasteiger charge is 2.51. The standard InChI is InChI=1S/C29H24N/c1-17-8-6-11-22-26-21-14-13-19-16-18-9-4-5-10-20(18)24(19)25(21)23-12-7-15-30(28(23)26)29(2,3)27(17)22/h4-15,26H,16H2,1-3H3/q+1. The minimum absolute atomic E-state index is 0.0638. The van der Waals surface area contributed by atoms with E-state index >= 15 is 0 Å². The first-order valence-corrected chi connectivity index (χ1v) is 11.0. The molecule has 0 saturated carbocycles. The Kier molecular flexibility index (Phi) is 2.92. The number of pyridine rings is 1. The van der Waals surface area contributed by atoms with E-state index in [1.165, 1.54) is 61.3 Å². The SMILES string of the molecule is Cc1cccc2c1C(C)(C)[n+]1cccc3c1C2c1ccc2c(c1-3)-c1ccccc1C2. The zero-order chi connectivity index (χ0) is 20.2. The molecule has 0 N–H and O–H groups in total. The largest absolute Gasteiger partial charge is 0.202 e. The van der Waals surface area contributed by atoms with Gasteiger partial charge in [0.25, 0.3) is 0 Å². The van der Waals surface area contributed by atoms with Crippen molar-refractivity contribution < 1.29 is 4.57 Å². The number of fused-ring (bicyclic) bond motifs is 9. The summed E-state index contributed by atoms with van der Waals surface area (Å²) in [7, 11) is 0. The summed E-state index contributed by atoms with van der Waals surface area (Å²) in [4.78, 5) is 0. The molecule has 1 heteroatoms. The Morgan fingerprint density at radius 1 is 0.767 bits per heavy atom. The first kappa shape index (κ1) is 16.6. The topological polar surface area (TPSA) is 3.88 Å². The summed E-state index contributed by atoms with van der Waals surface area (Å²) in [6, 6.07) is 25.2. The molecule has 0 saturated heterocycles. The van der Waals surface area contributed by atoms with Gasteiger partial charge in [-0.3, -0.25) is 0 Å². The zero-order valence-corrected chi connectivity index (χ0v) is 17.7. The molecule has 3 aliphatic rings. The van der Waals surface area contributed by atoms with Gasteiger partial charge < -0.3 is 0 Å². The molecule has 1 nitrogen and oxygen atoms in total. The summed E-state index contributed by atoms with van der Waals surface area (Å²) in [5.41, 5.74) is 16.0. The van der Waals surface area contributed by atoms with Gasteiger partial charge in [0.15, 0.2) is 11.7 Å². The number of hydrogen-bond acceptors (Lipinski definition) is 0. The van der Waals surface area contributed by atoms with E-state index in [0.717, 1.165) is 6.42 Å². The third-order valence-electron chi connectivity index (χ3n) is 7.71. The molecule has 1 aliphatic heterocycles. The molecule has 1 aromatic heterocycles. The van der Waals surface area contributed by atoms with E-state index in [1.54, 1.807) is 0 Å². The van der Waals surface area contributed by atoms with E-state index in [9.17, 15) is 0 Å². The second kappa shape index (κ2) is 5.29. The van der Waals surface area contributed by atoms with Gasteiger partial charge in [0.1, 0.15) is 0 Å². The first-order valence-electron chi connectivity index (χ1n) is 11.0. The van der Waals surface area contributed by atoms with Crippen LogP contribution in [0.25, 0.3) is 22.3 Å². The van der Waals surface area contributed by atoms with Crippen molar-refractivity contribution >= 4 is 0 Å². The number of rotatable bonds is 0. The van der Waals surface area contributed by atoms with Crippen molar-refractivity contribution in [2.75, 3.05) is 0 Å². The number of benzene rings is 3. The Bertz CT molecular complexity index is 1410. The van der Waals surface area contributed by atoms with Gasteiger partial charge in [-0.2, -0.15) is 4.57 Å². The molecule has 7 rings (SSSR count). The highest BCUT2D eigenvalue weighted by molar-refractivity contribution is 5.96. The Labute approximate surface area is 177 Å². The van der Waals surface area contributed by atoms with Crippen LogP contribution in [-0.4, -0.2) is 0 Å². The summed E-state index contributed by atoms with van der Waals surface area (Å²) in [6.45, 7) is 7.01. The molecule has 2 aliphatic carbocycles. The molecule has 0 amide bonds. The summed E-state index contributed by atoms with van der Waals surface area (Å²) < 4.78 is 2.55. The van der Waals surface area contributed by atoms with Crippen LogP contribution in [0.4, 0.5) is 0 Å². The Morgan fingerprint density at radius 2 is 1.60 bits per heavy atom. The minimum atomic E-state index is -0.0638. The summed E-state index contributed by atoms with van der Waals surface area (Å²) in [5.74, 6) is 0.317. The molecule has 2 heterocycles. The maximum atomic E-state index is 2.55. The van der Waals surface area contributed by atoms with Gasteiger partial charge in [0, 0.05) is 31.0 Å². The normalized spacial score (nSPS) is 18.3. The van der Waals surface area contributed by atoms with Crippen molar-refractivity contribution in [3.8, 4) is 22.3 Å². The predicted octanol–water partition coefficient (Wildman–Crippen LogP) is 6.11. The van der Waals surface area contributed by atoms with Crippen molar-refractivity contribution in [3.63, 3.8) is 0 Å². The van der Waals surface area contributed by atoms with E-state index < -0.39 is 0 Å². The monoisotopic (exact) mass is 386 g/mol. The minimum Gasteiger partial charge on any atom is -0.192 e. The smallest absolute Gasteiger partial charge is 0.192 e. The van der Waals surface area contributed by atoms with Crippen LogP contribution in [-0.2, 0) is 12.0 Å². The fourth-order valence-electron chi connectivity index (χ4n) is 6.63. The summed E-state index contributed by atoms with van der Waals surface area (Å²) >= 11 is 0. The molecular formula is C29H24N+. The average molecular weight is 387 g/mol. The second-order valence-corrected chi connectivity index (χ2v) is 9.61. The van der Waals surface area contributed by atoms with Crippen LogP contribution in [0.1, 0.15) is 58.8 Å². The van der Waals surface area contributed by atoms with Crippen molar-refractivity contribution in [2.24, 2.45) is 0 Å². The van der Waals surface area contributed by atoms with Crippen molar-refractivity contribution in [1.29, 1.82) is 0 Å². The molecular weight excluding hydrogens is 362 g/mol. The third-order valence-corrected chi connectivity index (χ3v) is 7.71. The van der Waals surface area contributed by atoms with Gasteiger partial charge in [-0.05, 0) is 58.4 Å². The molecule has 4 aromatic rings. The van der Waals surface area contributed by atoms with Crippen LogP contribution in [0, 0.1) is 6.92 Å². The van der Waals surface area contributed by atoms with Crippen LogP contribution in [0.5, 0.6) is 0 Å². The maximum absolute atomic E-state index is 2.55. The van der Waals surface area contributed by atoms with Crippen molar-refractivity contribution in [1.82, 2.24) is 0 Å². The zero-order valence-electron chi connectivity index (χ0n) is 17.7. The number of aromatic nitrogens is 1. The molecule has 0 spiro atoms. The van der Waals surface area contributed by atoms with Crippen LogP contribution < -0.4 is 4.57 Å². The van der Waals surface area contributed by atoms with Crippen LogP contribution in [0.3, 0.4) is 0 Å². The lowest BCUT2D eigenvalue weighted by Crippen LogP contribution is -2.59. The number of nitrogens with zero attached hydrogens (tertiary/aromatic N) is 1. The van der Waals surface area contributed by atoms with Crippen LogP contribution >= 0.6 is 0 Å². The molecule has 144 valence electrons. The quantitative estimate of drug-likeness (QED) is 0.277.